The average Bonchev–Trinajstić information content (AvgIpc) is 2.47. The molecule has 0 radical (unpaired) electrons. The van der Waals surface area contributed by atoms with Gasteiger partial charge in [0.15, 0.2) is 0 Å². The van der Waals surface area contributed by atoms with Crippen LogP contribution in [-0.4, -0.2) is 30.7 Å². The first-order chi connectivity index (χ1) is 9.75. The Balaban J connectivity index is 2.22. The summed E-state index contributed by atoms with van der Waals surface area (Å²) in [6.07, 6.45) is 1.51. The summed E-state index contributed by atoms with van der Waals surface area (Å²) in [5.41, 5.74) is 0.836. The zero-order valence-electron chi connectivity index (χ0n) is 11.8. The van der Waals surface area contributed by atoms with E-state index in [4.69, 9.17) is 9.47 Å². The number of methoxy groups -OCH3 is 2. The normalized spacial score (nSPS) is 9.95. The zero-order valence-corrected chi connectivity index (χ0v) is 11.8. The van der Waals surface area contributed by atoms with Gasteiger partial charge in [0.2, 0.25) is 0 Å². The van der Waals surface area contributed by atoms with Crippen molar-refractivity contribution >= 4 is 17.3 Å². The third kappa shape index (κ3) is 3.50. The largest absolute Gasteiger partial charge is 0.497 e. The molecule has 0 saturated heterocycles. The Bertz CT molecular complexity index is 553. The second-order valence-electron chi connectivity index (χ2n) is 4.05. The lowest BCUT2D eigenvalue weighted by Crippen LogP contribution is -2.01. The Morgan fingerprint density at radius 3 is 2.20 bits per heavy atom. The highest BCUT2D eigenvalue weighted by atomic mass is 16.5. The van der Waals surface area contributed by atoms with Gasteiger partial charge < -0.3 is 20.1 Å². The van der Waals surface area contributed by atoms with Crippen LogP contribution >= 0.6 is 0 Å². The molecule has 1 aromatic heterocycles. The second-order valence-corrected chi connectivity index (χ2v) is 4.05. The smallest absolute Gasteiger partial charge is 0.135 e. The number of aromatic nitrogens is 2. The number of nitrogens with zero attached hydrogens (tertiary/aromatic N) is 2. The Morgan fingerprint density at radius 2 is 1.60 bits per heavy atom. The lowest BCUT2D eigenvalue weighted by atomic mass is 10.2. The van der Waals surface area contributed by atoms with Crippen molar-refractivity contribution in [3.63, 3.8) is 0 Å². The minimum absolute atomic E-state index is 0.700. The Hall–Kier alpha value is -2.50. The van der Waals surface area contributed by atoms with Crippen molar-refractivity contribution in [3.05, 3.63) is 30.6 Å². The summed E-state index contributed by atoms with van der Waals surface area (Å²) in [4.78, 5) is 8.31. The highest BCUT2D eigenvalue weighted by Crippen LogP contribution is 2.27. The molecule has 6 heteroatoms. The molecule has 106 valence electrons. The van der Waals surface area contributed by atoms with Gasteiger partial charge in [-0.2, -0.15) is 0 Å². The first-order valence-electron chi connectivity index (χ1n) is 6.31. The van der Waals surface area contributed by atoms with Crippen LogP contribution in [0.5, 0.6) is 11.5 Å². The van der Waals surface area contributed by atoms with Gasteiger partial charge in [0, 0.05) is 36.5 Å². The number of hydrogen-bond donors (Lipinski definition) is 2. The topological polar surface area (TPSA) is 68.3 Å². The molecule has 0 aliphatic carbocycles. The van der Waals surface area contributed by atoms with Crippen molar-refractivity contribution < 1.29 is 9.47 Å². The van der Waals surface area contributed by atoms with Gasteiger partial charge in [-0.25, -0.2) is 9.97 Å². The highest BCUT2D eigenvalue weighted by Gasteiger charge is 2.04. The minimum atomic E-state index is 0.700. The maximum atomic E-state index is 5.23. The van der Waals surface area contributed by atoms with Gasteiger partial charge in [-0.05, 0) is 6.92 Å². The lowest BCUT2D eigenvalue weighted by Gasteiger charge is -2.10. The SMILES string of the molecule is CCNc1cc(Nc2cc(OC)cc(OC)c2)ncn1. The van der Waals surface area contributed by atoms with Gasteiger partial charge in [0.05, 0.1) is 14.2 Å². The number of hydrogen-bond acceptors (Lipinski definition) is 6. The van der Waals surface area contributed by atoms with E-state index in [-0.39, 0.29) is 0 Å². The summed E-state index contributed by atoms with van der Waals surface area (Å²) >= 11 is 0. The molecule has 0 amide bonds. The first kappa shape index (κ1) is 13.9. The number of nitrogens with one attached hydrogen (secondary N) is 2. The number of ether oxygens (including phenoxy) is 2. The molecule has 20 heavy (non-hydrogen) atoms. The third-order valence-corrected chi connectivity index (χ3v) is 2.65. The maximum absolute atomic E-state index is 5.23. The van der Waals surface area contributed by atoms with Gasteiger partial charge in [-0.15, -0.1) is 0 Å². The molecule has 0 bridgehead atoms. The van der Waals surface area contributed by atoms with E-state index >= 15 is 0 Å². The van der Waals surface area contributed by atoms with Crippen molar-refractivity contribution in [2.24, 2.45) is 0 Å². The van der Waals surface area contributed by atoms with Crippen molar-refractivity contribution in [2.45, 2.75) is 6.92 Å². The van der Waals surface area contributed by atoms with Crippen molar-refractivity contribution in [1.82, 2.24) is 9.97 Å². The van der Waals surface area contributed by atoms with E-state index in [1.54, 1.807) is 14.2 Å². The summed E-state index contributed by atoms with van der Waals surface area (Å²) in [6, 6.07) is 7.40. The lowest BCUT2D eigenvalue weighted by molar-refractivity contribution is 0.395. The average molecular weight is 274 g/mol. The highest BCUT2D eigenvalue weighted by molar-refractivity contribution is 5.62. The van der Waals surface area contributed by atoms with E-state index in [0.717, 1.165) is 18.1 Å². The van der Waals surface area contributed by atoms with Gasteiger partial charge in [-0.1, -0.05) is 0 Å². The van der Waals surface area contributed by atoms with Crippen LogP contribution < -0.4 is 20.1 Å². The van der Waals surface area contributed by atoms with E-state index in [0.29, 0.717) is 17.3 Å². The van der Waals surface area contributed by atoms with Crippen LogP contribution in [-0.2, 0) is 0 Å². The van der Waals surface area contributed by atoms with E-state index in [9.17, 15) is 0 Å². The van der Waals surface area contributed by atoms with Crippen LogP contribution in [0.15, 0.2) is 30.6 Å². The van der Waals surface area contributed by atoms with Crippen LogP contribution in [0.4, 0.5) is 17.3 Å². The molecular weight excluding hydrogens is 256 g/mol. The van der Waals surface area contributed by atoms with E-state index in [1.165, 1.54) is 6.33 Å². The quantitative estimate of drug-likeness (QED) is 0.844. The second kappa shape index (κ2) is 6.60. The Labute approximate surface area is 118 Å². The molecule has 2 rings (SSSR count). The molecule has 0 aliphatic heterocycles. The van der Waals surface area contributed by atoms with Gasteiger partial charge in [0.25, 0.3) is 0 Å². The van der Waals surface area contributed by atoms with Crippen molar-refractivity contribution in [3.8, 4) is 11.5 Å². The third-order valence-electron chi connectivity index (χ3n) is 2.65. The molecule has 0 atom stereocenters. The van der Waals surface area contributed by atoms with E-state index in [1.807, 2.05) is 31.2 Å². The fourth-order valence-corrected chi connectivity index (χ4v) is 1.73. The minimum Gasteiger partial charge on any atom is -0.497 e. The fourth-order valence-electron chi connectivity index (χ4n) is 1.73. The van der Waals surface area contributed by atoms with Crippen LogP contribution in [0, 0.1) is 0 Å². The maximum Gasteiger partial charge on any atom is 0.135 e. The molecule has 1 heterocycles. The Morgan fingerprint density at radius 1 is 0.950 bits per heavy atom. The van der Waals surface area contributed by atoms with E-state index < -0.39 is 0 Å². The first-order valence-corrected chi connectivity index (χ1v) is 6.31. The molecule has 2 N–H and O–H groups in total. The standard InChI is InChI=1S/C14H18N4O2/c1-4-15-13-8-14(17-9-16-13)18-10-5-11(19-2)7-12(6-10)20-3/h5-9H,4H2,1-3H3,(H2,15,16,17,18). The van der Waals surface area contributed by atoms with Crippen LogP contribution in [0.3, 0.4) is 0 Å². The zero-order chi connectivity index (χ0) is 14.4. The molecular formula is C14H18N4O2. The van der Waals surface area contributed by atoms with E-state index in [2.05, 4.69) is 20.6 Å². The van der Waals surface area contributed by atoms with Gasteiger partial charge in [-0.3, -0.25) is 0 Å². The van der Waals surface area contributed by atoms with Gasteiger partial charge in [0.1, 0.15) is 29.5 Å². The molecule has 0 aliphatic rings. The molecule has 0 unspecified atom stereocenters. The number of rotatable bonds is 6. The van der Waals surface area contributed by atoms with Crippen LogP contribution in [0.2, 0.25) is 0 Å². The molecule has 0 fully saturated rings. The van der Waals surface area contributed by atoms with Gasteiger partial charge >= 0.3 is 0 Å². The summed E-state index contributed by atoms with van der Waals surface area (Å²) in [6.45, 7) is 2.82. The summed E-state index contributed by atoms with van der Waals surface area (Å²) in [5.74, 6) is 2.91. The molecule has 0 saturated carbocycles. The van der Waals surface area contributed by atoms with Crippen LogP contribution in [0.1, 0.15) is 6.92 Å². The fraction of sp³-hybridized carbons (Fsp3) is 0.286. The molecule has 0 spiro atoms. The number of benzene rings is 1. The summed E-state index contributed by atoms with van der Waals surface area (Å²) < 4.78 is 10.5. The predicted molar refractivity (Wildman–Crippen MR) is 79.0 cm³/mol. The van der Waals surface area contributed by atoms with Crippen molar-refractivity contribution in [1.29, 1.82) is 0 Å². The van der Waals surface area contributed by atoms with Crippen molar-refractivity contribution in [2.75, 3.05) is 31.4 Å². The summed E-state index contributed by atoms with van der Waals surface area (Å²) in [5, 5.41) is 6.34. The predicted octanol–water partition coefficient (Wildman–Crippen LogP) is 2.67. The monoisotopic (exact) mass is 274 g/mol. The molecule has 2 aromatic rings. The van der Waals surface area contributed by atoms with Crippen LogP contribution in [0.25, 0.3) is 0 Å². The molecule has 1 aromatic carbocycles. The molecule has 6 nitrogen and oxygen atoms in total. The summed E-state index contributed by atoms with van der Waals surface area (Å²) in [7, 11) is 3.24. The Kier molecular flexibility index (Phi) is 4.60. The number of anilines is 3.